The fourth-order valence-corrected chi connectivity index (χ4v) is 3.43. The molecular formula is C24H40N4O3. The molecule has 0 unspecified atom stereocenters. The summed E-state index contributed by atoms with van der Waals surface area (Å²) in [5.41, 5.74) is 1.77. The van der Waals surface area contributed by atoms with Gasteiger partial charge in [0.15, 0.2) is 0 Å². The van der Waals surface area contributed by atoms with Crippen LogP contribution in [0.15, 0.2) is 24.3 Å². The lowest BCUT2D eigenvalue weighted by Gasteiger charge is -2.33. The van der Waals surface area contributed by atoms with E-state index in [-0.39, 0.29) is 12.1 Å². The Labute approximate surface area is 187 Å². The Balaban J connectivity index is 1.67. The average molecular weight is 433 g/mol. The van der Waals surface area contributed by atoms with Crippen molar-refractivity contribution in [1.82, 2.24) is 15.5 Å². The molecule has 7 nitrogen and oxygen atoms in total. The lowest BCUT2D eigenvalue weighted by Crippen LogP contribution is -2.47. The fraction of sp³-hybridized carbons (Fsp3) is 0.667. The van der Waals surface area contributed by atoms with E-state index in [2.05, 4.69) is 54.1 Å². The summed E-state index contributed by atoms with van der Waals surface area (Å²) in [6.45, 7) is 12.7. The molecule has 3 amide bonds. The lowest BCUT2D eigenvalue weighted by atomic mass is 10.0. The van der Waals surface area contributed by atoms with Gasteiger partial charge < -0.3 is 25.6 Å². The van der Waals surface area contributed by atoms with Gasteiger partial charge in [0.1, 0.15) is 5.60 Å². The lowest BCUT2D eigenvalue weighted by molar-refractivity contribution is 0.0528. The van der Waals surface area contributed by atoms with E-state index in [4.69, 9.17) is 4.74 Å². The summed E-state index contributed by atoms with van der Waals surface area (Å²) in [5.74, 6) is 0.600. The number of likely N-dealkylation sites (tertiary alicyclic amines) is 1. The van der Waals surface area contributed by atoms with E-state index in [1.807, 2.05) is 25.7 Å². The second kappa shape index (κ2) is 11.8. The van der Waals surface area contributed by atoms with Gasteiger partial charge in [-0.15, -0.1) is 0 Å². The first kappa shape index (κ1) is 24.8. The molecule has 174 valence electrons. The molecule has 1 aromatic carbocycles. The number of nitrogens with zero attached hydrogens (tertiary/aromatic N) is 1. The molecule has 7 heteroatoms. The largest absolute Gasteiger partial charge is 0.444 e. The number of hydrogen-bond donors (Lipinski definition) is 3. The molecular weight excluding hydrogens is 392 g/mol. The molecule has 0 aliphatic carbocycles. The third-order valence-corrected chi connectivity index (χ3v) is 5.19. The molecule has 1 fully saturated rings. The van der Waals surface area contributed by atoms with Crippen LogP contribution in [0.4, 0.5) is 15.3 Å². The maximum absolute atomic E-state index is 12.2. The van der Waals surface area contributed by atoms with E-state index >= 15 is 0 Å². The molecule has 0 bridgehead atoms. The van der Waals surface area contributed by atoms with Crippen molar-refractivity contribution >= 4 is 17.8 Å². The van der Waals surface area contributed by atoms with Crippen LogP contribution >= 0.6 is 0 Å². The monoisotopic (exact) mass is 432 g/mol. The standard InChI is InChI=1S/C24H40N4O3/c1-18(2)10-14-25-22(29)28-16-12-21(13-17-28)27-20-8-6-19(7-9-20)11-15-26-23(30)31-24(3,4)5/h6-9,18,21,27H,10-17H2,1-5H3,(H,25,29)(H,26,30). The molecule has 0 aromatic heterocycles. The number of ether oxygens (including phenoxy) is 1. The molecule has 0 atom stereocenters. The first-order chi connectivity index (χ1) is 14.6. The Morgan fingerprint density at radius 3 is 2.29 bits per heavy atom. The van der Waals surface area contributed by atoms with Crippen LogP contribution in [-0.4, -0.2) is 54.8 Å². The molecule has 1 heterocycles. The number of anilines is 1. The van der Waals surface area contributed by atoms with E-state index in [1.165, 1.54) is 0 Å². The van der Waals surface area contributed by atoms with Crippen LogP contribution in [0.1, 0.15) is 59.4 Å². The predicted molar refractivity (Wildman–Crippen MR) is 125 cm³/mol. The van der Waals surface area contributed by atoms with E-state index in [0.29, 0.717) is 18.5 Å². The van der Waals surface area contributed by atoms with Gasteiger partial charge in [-0.05, 0) is 70.1 Å². The number of amides is 3. The average Bonchev–Trinajstić information content (AvgIpc) is 2.68. The van der Waals surface area contributed by atoms with E-state index in [0.717, 1.165) is 56.6 Å². The summed E-state index contributed by atoms with van der Waals surface area (Å²) in [6.07, 6.45) is 3.27. The first-order valence-electron chi connectivity index (χ1n) is 11.5. The third-order valence-electron chi connectivity index (χ3n) is 5.19. The summed E-state index contributed by atoms with van der Waals surface area (Å²) in [6, 6.07) is 8.75. The predicted octanol–water partition coefficient (Wildman–Crippen LogP) is 4.39. The minimum absolute atomic E-state index is 0.0587. The highest BCUT2D eigenvalue weighted by Crippen LogP contribution is 2.18. The Morgan fingerprint density at radius 2 is 1.71 bits per heavy atom. The van der Waals surface area contributed by atoms with Crippen LogP contribution in [0.5, 0.6) is 0 Å². The van der Waals surface area contributed by atoms with Crippen molar-refractivity contribution in [2.24, 2.45) is 5.92 Å². The zero-order valence-electron chi connectivity index (χ0n) is 19.8. The van der Waals surface area contributed by atoms with Gasteiger partial charge in [-0.25, -0.2) is 9.59 Å². The zero-order chi connectivity index (χ0) is 22.9. The molecule has 0 spiro atoms. The quantitative estimate of drug-likeness (QED) is 0.569. The van der Waals surface area contributed by atoms with E-state index < -0.39 is 5.60 Å². The highest BCUT2D eigenvalue weighted by atomic mass is 16.6. The number of alkyl carbamates (subject to hydrolysis) is 1. The summed E-state index contributed by atoms with van der Waals surface area (Å²) < 4.78 is 5.24. The van der Waals surface area contributed by atoms with Gasteiger partial charge in [-0.2, -0.15) is 0 Å². The van der Waals surface area contributed by atoms with Crippen molar-refractivity contribution in [3.05, 3.63) is 29.8 Å². The maximum atomic E-state index is 12.2. The summed E-state index contributed by atoms with van der Waals surface area (Å²) in [5, 5.41) is 9.38. The molecule has 2 rings (SSSR count). The molecule has 0 radical (unpaired) electrons. The highest BCUT2D eigenvalue weighted by molar-refractivity contribution is 5.74. The minimum atomic E-state index is -0.481. The molecule has 1 aromatic rings. The van der Waals surface area contributed by atoms with E-state index in [1.54, 1.807) is 0 Å². The van der Waals surface area contributed by atoms with E-state index in [9.17, 15) is 9.59 Å². The maximum Gasteiger partial charge on any atom is 0.407 e. The van der Waals surface area contributed by atoms with Crippen LogP contribution < -0.4 is 16.0 Å². The number of urea groups is 1. The number of piperidine rings is 1. The highest BCUT2D eigenvalue weighted by Gasteiger charge is 2.22. The SMILES string of the molecule is CC(C)CCNC(=O)N1CCC(Nc2ccc(CCNC(=O)OC(C)(C)C)cc2)CC1. The minimum Gasteiger partial charge on any atom is -0.444 e. The summed E-state index contributed by atoms with van der Waals surface area (Å²) in [4.78, 5) is 25.9. The van der Waals surface area contributed by atoms with Gasteiger partial charge in [0.25, 0.3) is 0 Å². The molecule has 1 aliphatic heterocycles. The summed E-state index contributed by atoms with van der Waals surface area (Å²) in [7, 11) is 0. The second-order valence-electron chi connectivity index (χ2n) is 9.70. The van der Waals surface area contributed by atoms with Crippen LogP contribution in [0, 0.1) is 5.92 Å². The number of hydrogen-bond acceptors (Lipinski definition) is 4. The normalized spacial score (nSPS) is 15.0. The van der Waals surface area contributed by atoms with Gasteiger partial charge in [0.2, 0.25) is 0 Å². The Morgan fingerprint density at radius 1 is 1.06 bits per heavy atom. The van der Waals surface area contributed by atoms with Crippen molar-refractivity contribution in [2.75, 3.05) is 31.5 Å². The summed E-state index contributed by atoms with van der Waals surface area (Å²) >= 11 is 0. The first-order valence-corrected chi connectivity index (χ1v) is 11.5. The van der Waals surface area contributed by atoms with Gasteiger partial charge in [-0.3, -0.25) is 0 Å². The van der Waals surface area contributed by atoms with Crippen LogP contribution in [0.3, 0.4) is 0 Å². The van der Waals surface area contributed by atoms with Gasteiger partial charge >= 0.3 is 12.1 Å². The number of rotatable bonds is 8. The van der Waals surface area contributed by atoms with Crippen LogP contribution in [0.25, 0.3) is 0 Å². The van der Waals surface area contributed by atoms with Gasteiger partial charge in [0.05, 0.1) is 0 Å². The third kappa shape index (κ3) is 9.94. The smallest absolute Gasteiger partial charge is 0.407 e. The number of carbonyl (C=O) groups is 2. The van der Waals surface area contributed by atoms with Crippen LogP contribution in [0.2, 0.25) is 0 Å². The Hall–Kier alpha value is -2.44. The molecule has 0 saturated carbocycles. The Kier molecular flexibility index (Phi) is 9.46. The van der Waals surface area contributed by atoms with Crippen molar-refractivity contribution in [2.45, 2.75) is 71.9 Å². The Bertz CT molecular complexity index is 690. The van der Waals surface area contributed by atoms with Crippen molar-refractivity contribution < 1.29 is 14.3 Å². The van der Waals surface area contributed by atoms with Gasteiger partial charge in [-0.1, -0.05) is 26.0 Å². The van der Waals surface area contributed by atoms with Crippen LogP contribution in [-0.2, 0) is 11.2 Å². The molecule has 31 heavy (non-hydrogen) atoms. The topological polar surface area (TPSA) is 82.7 Å². The van der Waals surface area contributed by atoms with Crippen molar-refractivity contribution in [3.8, 4) is 0 Å². The zero-order valence-corrected chi connectivity index (χ0v) is 19.8. The number of carbonyl (C=O) groups excluding carboxylic acids is 2. The molecule has 1 aliphatic rings. The molecule has 3 N–H and O–H groups in total. The fourth-order valence-electron chi connectivity index (χ4n) is 3.43. The molecule has 1 saturated heterocycles. The van der Waals surface area contributed by atoms with Crippen molar-refractivity contribution in [1.29, 1.82) is 0 Å². The number of nitrogens with one attached hydrogen (secondary N) is 3. The number of benzene rings is 1. The van der Waals surface area contributed by atoms with Crippen molar-refractivity contribution in [3.63, 3.8) is 0 Å². The van der Waals surface area contributed by atoms with Gasteiger partial charge in [0, 0.05) is 37.9 Å². The second-order valence-corrected chi connectivity index (χ2v) is 9.70.